The molecule has 0 bridgehead atoms. The van der Waals surface area contributed by atoms with Gasteiger partial charge in [-0.05, 0) is 38.1 Å². The second-order valence-electron chi connectivity index (χ2n) is 6.34. The molecule has 1 amide bonds. The van der Waals surface area contributed by atoms with Crippen LogP contribution in [0.1, 0.15) is 24.2 Å². The van der Waals surface area contributed by atoms with E-state index in [2.05, 4.69) is 10.3 Å². The Hall–Kier alpha value is -3.79. The molecule has 9 nitrogen and oxygen atoms in total. The summed E-state index contributed by atoms with van der Waals surface area (Å²) in [5.41, 5.74) is 1.29. The van der Waals surface area contributed by atoms with Gasteiger partial charge >= 0.3 is 5.97 Å². The summed E-state index contributed by atoms with van der Waals surface area (Å²) < 4.78 is 10.5. The van der Waals surface area contributed by atoms with Crippen molar-refractivity contribution < 1.29 is 24.0 Å². The monoisotopic (exact) mass is 441 g/mol. The minimum Gasteiger partial charge on any atom is -0.494 e. The Labute approximate surface area is 181 Å². The van der Waals surface area contributed by atoms with Gasteiger partial charge in [-0.2, -0.15) is 0 Å². The van der Waals surface area contributed by atoms with Crippen molar-refractivity contribution in [3.63, 3.8) is 0 Å². The molecule has 1 aromatic heterocycles. The van der Waals surface area contributed by atoms with Crippen LogP contribution in [0.15, 0.2) is 53.9 Å². The highest BCUT2D eigenvalue weighted by Gasteiger charge is 2.20. The number of thiazole rings is 1. The minimum atomic E-state index is -1.05. The molecule has 1 atom stereocenters. The number of non-ortho nitro benzene ring substituents is 1. The van der Waals surface area contributed by atoms with Gasteiger partial charge in [-0.3, -0.25) is 20.2 Å². The van der Waals surface area contributed by atoms with E-state index in [9.17, 15) is 19.7 Å². The minimum absolute atomic E-state index is 0.0501. The number of nitrogens with one attached hydrogen (secondary N) is 1. The van der Waals surface area contributed by atoms with Crippen molar-refractivity contribution in [1.82, 2.24) is 4.98 Å². The van der Waals surface area contributed by atoms with Crippen molar-refractivity contribution in [3.8, 4) is 17.0 Å². The summed E-state index contributed by atoms with van der Waals surface area (Å²) in [7, 11) is 0. The van der Waals surface area contributed by atoms with Crippen LogP contribution in [0.25, 0.3) is 11.3 Å². The number of nitrogens with zero attached hydrogens (tertiary/aromatic N) is 2. The first-order valence-electron chi connectivity index (χ1n) is 9.32. The lowest BCUT2D eigenvalue weighted by atomic mass is 10.1. The van der Waals surface area contributed by atoms with E-state index < -0.39 is 22.9 Å². The number of hydrogen-bond acceptors (Lipinski definition) is 8. The molecule has 0 spiro atoms. The Morgan fingerprint density at radius 1 is 1.23 bits per heavy atom. The highest BCUT2D eigenvalue weighted by molar-refractivity contribution is 7.14. The maximum atomic E-state index is 12.4. The third-order valence-corrected chi connectivity index (χ3v) is 4.90. The predicted molar refractivity (Wildman–Crippen MR) is 115 cm³/mol. The standard InChI is InChI=1S/C21H19N3O6S/c1-3-29-17-9-7-14(8-10-17)20(26)30-13(2)19(25)23-21-22-18(12-31-21)15-5-4-6-16(11-15)24(27)28/h4-13H,3H2,1-2H3,(H,22,23,25)/t13-/m0/s1. The summed E-state index contributed by atoms with van der Waals surface area (Å²) in [5.74, 6) is -0.547. The van der Waals surface area contributed by atoms with Crippen LogP contribution in [-0.2, 0) is 9.53 Å². The Balaban J connectivity index is 1.60. The van der Waals surface area contributed by atoms with Crippen molar-refractivity contribution in [2.75, 3.05) is 11.9 Å². The van der Waals surface area contributed by atoms with Crippen molar-refractivity contribution in [2.24, 2.45) is 0 Å². The number of carbonyl (C=O) groups is 2. The highest BCUT2D eigenvalue weighted by atomic mass is 32.1. The van der Waals surface area contributed by atoms with E-state index in [-0.39, 0.29) is 10.8 Å². The molecule has 0 unspecified atom stereocenters. The molecule has 0 fully saturated rings. The number of nitro groups is 1. The number of benzene rings is 2. The van der Waals surface area contributed by atoms with Crippen LogP contribution in [0.2, 0.25) is 0 Å². The van der Waals surface area contributed by atoms with Gasteiger partial charge in [0.2, 0.25) is 0 Å². The van der Waals surface area contributed by atoms with Crippen LogP contribution in [0, 0.1) is 10.1 Å². The van der Waals surface area contributed by atoms with Gasteiger partial charge in [0.15, 0.2) is 11.2 Å². The number of nitro benzene ring substituents is 1. The first-order valence-corrected chi connectivity index (χ1v) is 10.2. The van der Waals surface area contributed by atoms with Crippen LogP contribution >= 0.6 is 11.3 Å². The first-order chi connectivity index (χ1) is 14.9. The van der Waals surface area contributed by atoms with Crippen LogP contribution in [0.4, 0.5) is 10.8 Å². The Morgan fingerprint density at radius 2 is 1.97 bits per heavy atom. The van der Waals surface area contributed by atoms with Gasteiger partial charge in [0.1, 0.15) is 5.75 Å². The molecule has 3 aromatic rings. The molecular formula is C21H19N3O6S. The molecule has 1 heterocycles. The van der Waals surface area contributed by atoms with E-state index in [0.717, 1.165) is 11.3 Å². The zero-order chi connectivity index (χ0) is 22.4. The molecule has 160 valence electrons. The van der Waals surface area contributed by atoms with Crippen molar-refractivity contribution in [1.29, 1.82) is 0 Å². The molecule has 3 rings (SSSR count). The SMILES string of the molecule is CCOc1ccc(C(=O)O[C@@H](C)C(=O)Nc2nc(-c3cccc([N+](=O)[O-])c3)cs2)cc1. The largest absolute Gasteiger partial charge is 0.494 e. The molecule has 0 saturated heterocycles. The summed E-state index contributed by atoms with van der Waals surface area (Å²) in [6, 6.07) is 12.5. The fourth-order valence-corrected chi connectivity index (χ4v) is 3.31. The van der Waals surface area contributed by atoms with Crippen LogP contribution in [0.5, 0.6) is 5.75 Å². The quantitative estimate of drug-likeness (QED) is 0.314. The summed E-state index contributed by atoms with van der Waals surface area (Å²) in [4.78, 5) is 39.3. The van der Waals surface area contributed by atoms with Gasteiger partial charge in [0.25, 0.3) is 11.6 Å². The molecule has 1 N–H and O–H groups in total. The van der Waals surface area contributed by atoms with Gasteiger partial charge in [0.05, 0.1) is 22.8 Å². The molecule has 2 aromatic carbocycles. The number of aromatic nitrogens is 1. The van der Waals surface area contributed by atoms with E-state index in [4.69, 9.17) is 9.47 Å². The first kappa shape index (κ1) is 21.9. The number of esters is 1. The zero-order valence-corrected chi connectivity index (χ0v) is 17.5. The van der Waals surface area contributed by atoms with Gasteiger partial charge < -0.3 is 9.47 Å². The van der Waals surface area contributed by atoms with Gasteiger partial charge in [-0.15, -0.1) is 11.3 Å². The van der Waals surface area contributed by atoms with Crippen LogP contribution < -0.4 is 10.1 Å². The van der Waals surface area contributed by atoms with Crippen molar-refractivity contribution in [3.05, 3.63) is 69.6 Å². The van der Waals surface area contributed by atoms with Crippen molar-refractivity contribution >= 4 is 34.0 Å². The van der Waals surface area contributed by atoms with Gasteiger partial charge in [-0.25, -0.2) is 9.78 Å². The number of ether oxygens (including phenoxy) is 2. The van der Waals surface area contributed by atoms with Crippen LogP contribution in [-0.4, -0.2) is 34.5 Å². The Morgan fingerprint density at radius 3 is 2.65 bits per heavy atom. The van der Waals surface area contributed by atoms with Gasteiger partial charge in [-0.1, -0.05) is 12.1 Å². The second-order valence-corrected chi connectivity index (χ2v) is 7.20. The Kier molecular flexibility index (Phi) is 6.93. The molecular weight excluding hydrogens is 422 g/mol. The lowest BCUT2D eigenvalue weighted by Crippen LogP contribution is -2.29. The van der Waals surface area contributed by atoms with Crippen molar-refractivity contribution in [2.45, 2.75) is 20.0 Å². The fourth-order valence-electron chi connectivity index (χ4n) is 2.59. The summed E-state index contributed by atoms with van der Waals surface area (Å²) in [5, 5.41) is 15.5. The van der Waals surface area contributed by atoms with Crippen LogP contribution in [0.3, 0.4) is 0 Å². The molecule has 0 radical (unpaired) electrons. The number of hydrogen-bond donors (Lipinski definition) is 1. The maximum absolute atomic E-state index is 12.4. The van der Waals surface area contributed by atoms with E-state index in [1.54, 1.807) is 41.8 Å². The zero-order valence-electron chi connectivity index (χ0n) is 16.7. The highest BCUT2D eigenvalue weighted by Crippen LogP contribution is 2.27. The summed E-state index contributed by atoms with van der Waals surface area (Å²) in [6.07, 6.45) is -1.05. The Bertz CT molecular complexity index is 1100. The van der Waals surface area contributed by atoms with E-state index in [1.165, 1.54) is 19.1 Å². The third-order valence-electron chi connectivity index (χ3n) is 4.14. The van der Waals surface area contributed by atoms with E-state index >= 15 is 0 Å². The molecule has 31 heavy (non-hydrogen) atoms. The van der Waals surface area contributed by atoms with E-state index in [1.807, 2.05) is 6.92 Å². The fraction of sp³-hybridized carbons (Fsp3) is 0.190. The average molecular weight is 441 g/mol. The molecule has 10 heteroatoms. The average Bonchev–Trinajstić information content (AvgIpc) is 3.23. The number of anilines is 1. The van der Waals surface area contributed by atoms with E-state index in [0.29, 0.717) is 29.2 Å². The maximum Gasteiger partial charge on any atom is 0.338 e. The second kappa shape index (κ2) is 9.81. The topological polar surface area (TPSA) is 121 Å². The molecule has 0 aliphatic heterocycles. The van der Waals surface area contributed by atoms with Gasteiger partial charge in [0, 0.05) is 23.1 Å². The summed E-state index contributed by atoms with van der Waals surface area (Å²) in [6.45, 7) is 3.83. The normalized spacial score (nSPS) is 11.4. The lowest BCUT2D eigenvalue weighted by Gasteiger charge is -2.12. The predicted octanol–water partition coefficient (Wildman–Crippen LogP) is 4.30. The summed E-state index contributed by atoms with van der Waals surface area (Å²) >= 11 is 1.16. The molecule has 0 saturated carbocycles. The molecule has 0 aliphatic rings. The molecule has 0 aliphatic carbocycles. The lowest BCUT2D eigenvalue weighted by molar-refractivity contribution is -0.384. The number of carbonyl (C=O) groups excluding carboxylic acids is 2. The third kappa shape index (κ3) is 5.64. The smallest absolute Gasteiger partial charge is 0.338 e. The number of rotatable bonds is 8. The number of amides is 1.